The Morgan fingerprint density at radius 3 is 2.25 bits per heavy atom. The van der Waals surface area contributed by atoms with E-state index in [0.717, 1.165) is 0 Å². The van der Waals surface area contributed by atoms with Crippen LogP contribution in [0.4, 0.5) is 0 Å². The zero-order valence-corrected chi connectivity index (χ0v) is 4.16. The third kappa shape index (κ3) is 0.962. The third-order valence-corrected chi connectivity index (χ3v) is 0.971. The van der Waals surface area contributed by atoms with Crippen molar-refractivity contribution >= 4 is 5.97 Å². The highest BCUT2D eigenvalue weighted by atomic mass is 17.2. The van der Waals surface area contributed by atoms with Gasteiger partial charge in [-0.15, -0.1) is 0 Å². The van der Waals surface area contributed by atoms with Crippen LogP contribution < -0.4 is 0 Å². The molecule has 0 aromatic carbocycles. The summed E-state index contributed by atoms with van der Waals surface area (Å²) in [6.07, 6.45) is 0. The largest absolute Gasteiger partial charge is 0.481 e. The molecule has 1 rings (SSSR count). The second-order valence-corrected chi connectivity index (χ2v) is 1.60. The van der Waals surface area contributed by atoms with E-state index in [9.17, 15) is 4.79 Å². The highest BCUT2D eigenvalue weighted by Gasteiger charge is 2.23. The molecule has 1 N–H and O–H groups in total. The van der Waals surface area contributed by atoms with E-state index in [1.807, 2.05) is 0 Å². The van der Waals surface area contributed by atoms with Crippen LogP contribution in [-0.4, -0.2) is 24.3 Å². The lowest BCUT2D eigenvalue weighted by molar-refractivity contribution is -0.248. The van der Waals surface area contributed by atoms with E-state index in [2.05, 4.69) is 9.78 Å². The first-order chi connectivity index (χ1) is 3.80. The molecule has 0 unspecified atom stereocenters. The van der Waals surface area contributed by atoms with Crippen molar-refractivity contribution in [3.05, 3.63) is 0 Å². The van der Waals surface area contributed by atoms with Crippen molar-refractivity contribution in [3.8, 4) is 0 Å². The number of aliphatic carboxylic acids is 1. The molecule has 1 aliphatic rings. The number of carboxylic acid groups (broad SMARTS) is 1. The lowest BCUT2D eigenvalue weighted by atomic mass is 10.2. The maximum absolute atomic E-state index is 10.0. The van der Waals surface area contributed by atoms with Gasteiger partial charge >= 0.3 is 5.97 Å². The molecular formula is C4H6O4. The summed E-state index contributed by atoms with van der Waals surface area (Å²) in [6, 6.07) is 0. The Hall–Kier alpha value is -0.610. The fourth-order valence-corrected chi connectivity index (χ4v) is 0.451. The average molecular weight is 118 g/mol. The first-order valence-electron chi connectivity index (χ1n) is 2.28. The number of carbonyl (C=O) groups is 1. The summed E-state index contributed by atoms with van der Waals surface area (Å²) in [5, 5.41) is 8.25. The maximum atomic E-state index is 10.0. The molecule has 4 nitrogen and oxygen atoms in total. The summed E-state index contributed by atoms with van der Waals surface area (Å²) in [4.78, 5) is 18.7. The van der Waals surface area contributed by atoms with Gasteiger partial charge in [0.05, 0.1) is 13.2 Å². The van der Waals surface area contributed by atoms with Crippen LogP contribution in [0.25, 0.3) is 0 Å². The fraction of sp³-hybridized carbons (Fsp3) is 0.750. The second kappa shape index (κ2) is 2.11. The average Bonchev–Trinajstić information content (AvgIpc) is 2.12. The molecule has 1 saturated heterocycles. The van der Waals surface area contributed by atoms with E-state index < -0.39 is 11.9 Å². The molecule has 1 heterocycles. The smallest absolute Gasteiger partial charge is 0.311 e. The predicted octanol–water partition coefficient (Wildman–Crippen LogP) is -0.351. The molecule has 8 heavy (non-hydrogen) atoms. The molecule has 0 spiro atoms. The van der Waals surface area contributed by atoms with Gasteiger partial charge in [0.25, 0.3) is 0 Å². The van der Waals surface area contributed by atoms with E-state index in [4.69, 9.17) is 5.11 Å². The number of rotatable bonds is 1. The molecule has 0 aliphatic carbocycles. The van der Waals surface area contributed by atoms with Gasteiger partial charge < -0.3 is 5.11 Å². The van der Waals surface area contributed by atoms with Gasteiger partial charge in [0, 0.05) is 0 Å². The molecule has 1 aliphatic heterocycles. The van der Waals surface area contributed by atoms with Gasteiger partial charge in [-0.3, -0.25) is 4.79 Å². The zero-order valence-electron chi connectivity index (χ0n) is 4.16. The van der Waals surface area contributed by atoms with Crippen molar-refractivity contribution < 1.29 is 19.7 Å². The van der Waals surface area contributed by atoms with E-state index >= 15 is 0 Å². The molecule has 46 valence electrons. The highest BCUT2D eigenvalue weighted by molar-refractivity contribution is 5.70. The van der Waals surface area contributed by atoms with Gasteiger partial charge in [0.1, 0.15) is 5.92 Å². The lowest BCUT2D eigenvalue weighted by Crippen LogP contribution is -2.15. The number of hydrogen-bond acceptors (Lipinski definition) is 3. The van der Waals surface area contributed by atoms with Crippen molar-refractivity contribution in [2.75, 3.05) is 13.2 Å². The molecular weight excluding hydrogens is 112 g/mol. The monoisotopic (exact) mass is 118 g/mol. The van der Waals surface area contributed by atoms with Gasteiger partial charge in [-0.1, -0.05) is 0 Å². The summed E-state index contributed by atoms with van der Waals surface area (Å²) in [6.45, 7) is 0.352. The Kier molecular flexibility index (Phi) is 1.45. The number of carboxylic acids is 1. The summed E-state index contributed by atoms with van der Waals surface area (Å²) < 4.78 is 0. The Bertz CT molecular complexity index is 94.2. The van der Waals surface area contributed by atoms with Crippen LogP contribution in [0.3, 0.4) is 0 Å². The van der Waals surface area contributed by atoms with Crippen LogP contribution in [0.1, 0.15) is 0 Å². The van der Waals surface area contributed by atoms with Crippen LogP contribution in [-0.2, 0) is 14.6 Å². The predicted molar refractivity (Wildman–Crippen MR) is 23.0 cm³/mol. The zero-order chi connectivity index (χ0) is 5.98. The molecule has 0 radical (unpaired) electrons. The van der Waals surface area contributed by atoms with Crippen molar-refractivity contribution in [2.45, 2.75) is 0 Å². The van der Waals surface area contributed by atoms with Gasteiger partial charge in [-0.05, 0) is 0 Å². The Balaban J connectivity index is 2.35. The van der Waals surface area contributed by atoms with E-state index in [0.29, 0.717) is 0 Å². The summed E-state index contributed by atoms with van der Waals surface area (Å²) >= 11 is 0. The van der Waals surface area contributed by atoms with Gasteiger partial charge in [0.2, 0.25) is 0 Å². The van der Waals surface area contributed by atoms with E-state index in [1.165, 1.54) is 0 Å². The normalized spacial score (nSPS) is 21.5. The first kappa shape index (κ1) is 5.53. The Morgan fingerprint density at radius 2 is 2.00 bits per heavy atom. The SMILES string of the molecule is O=C(O)C1COOC1. The van der Waals surface area contributed by atoms with Crippen LogP contribution in [0, 0.1) is 5.92 Å². The minimum absolute atomic E-state index is 0.176. The molecule has 4 heteroatoms. The second-order valence-electron chi connectivity index (χ2n) is 1.60. The van der Waals surface area contributed by atoms with Crippen molar-refractivity contribution in [1.82, 2.24) is 0 Å². The van der Waals surface area contributed by atoms with Gasteiger partial charge in [-0.2, -0.15) is 0 Å². The van der Waals surface area contributed by atoms with Crippen LogP contribution in [0.5, 0.6) is 0 Å². The van der Waals surface area contributed by atoms with Gasteiger partial charge in [0.15, 0.2) is 0 Å². The molecule has 0 amide bonds. The minimum Gasteiger partial charge on any atom is -0.481 e. The van der Waals surface area contributed by atoms with E-state index in [1.54, 1.807) is 0 Å². The summed E-state index contributed by atoms with van der Waals surface area (Å²) in [7, 11) is 0. The highest BCUT2D eigenvalue weighted by Crippen LogP contribution is 2.06. The maximum Gasteiger partial charge on any atom is 0.311 e. The summed E-state index contributed by atoms with van der Waals surface area (Å²) in [5.74, 6) is -1.32. The molecule has 0 atom stereocenters. The molecule has 0 saturated carbocycles. The van der Waals surface area contributed by atoms with E-state index in [-0.39, 0.29) is 13.2 Å². The standard InChI is InChI=1S/C4H6O4/c5-4(6)3-1-7-8-2-3/h3H,1-2H2,(H,5,6). The Labute approximate surface area is 45.9 Å². The van der Waals surface area contributed by atoms with Gasteiger partial charge in [-0.25, -0.2) is 9.78 Å². The van der Waals surface area contributed by atoms with Crippen molar-refractivity contribution in [1.29, 1.82) is 0 Å². The quantitative estimate of drug-likeness (QED) is 0.478. The van der Waals surface area contributed by atoms with Crippen LogP contribution in [0.2, 0.25) is 0 Å². The Morgan fingerprint density at radius 1 is 1.50 bits per heavy atom. The molecule has 1 fully saturated rings. The molecule has 0 aromatic heterocycles. The molecule has 0 bridgehead atoms. The van der Waals surface area contributed by atoms with Crippen molar-refractivity contribution in [3.63, 3.8) is 0 Å². The topological polar surface area (TPSA) is 55.8 Å². The van der Waals surface area contributed by atoms with Crippen molar-refractivity contribution in [2.24, 2.45) is 5.92 Å². The van der Waals surface area contributed by atoms with Crippen LogP contribution >= 0.6 is 0 Å². The summed E-state index contributed by atoms with van der Waals surface area (Å²) in [5.41, 5.74) is 0. The first-order valence-corrected chi connectivity index (χ1v) is 2.28. The number of hydrogen-bond donors (Lipinski definition) is 1. The minimum atomic E-state index is -0.859. The molecule has 0 aromatic rings. The lowest BCUT2D eigenvalue weighted by Gasteiger charge is -1.92. The third-order valence-electron chi connectivity index (χ3n) is 0.971. The van der Waals surface area contributed by atoms with Crippen LogP contribution in [0.15, 0.2) is 0 Å². The fourth-order valence-electron chi connectivity index (χ4n) is 0.451.